The minimum atomic E-state index is -0.446. The van der Waals surface area contributed by atoms with Crippen molar-refractivity contribution in [3.05, 3.63) is 80.6 Å². The summed E-state index contributed by atoms with van der Waals surface area (Å²) >= 11 is 0. The van der Waals surface area contributed by atoms with Gasteiger partial charge in [-0.05, 0) is 18.6 Å². The maximum absolute atomic E-state index is 13.1. The molecule has 10 nitrogen and oxygen atoms in total. The molecule has 1 unspecified atom stereocenters. The van der Waals surface area contributed by atoms with Gasteiger partial charge in [0.25, 0.3) is 22.9 Å². The molecule has 2 aromatic heterocycles. The molecule has 0 saturated carbocycles. The van der Waals surface area contributed by atoms with E-state index >= 15 is 0 Å². The Balaban J connectivity index is 1.56. The van der Waals surface area contributed by atoms with Crippen LogP contribution in [0, 0.1) is 0 Å². The van der Waals surface area contributed by atoms with Gasteiger partial charge in [0.15, 0.2) is 11.4 Å². The van der Waals surface area contributed by atoms with Gasteiger partial charge in [0.2, 0.25) is 0 Å². The molecule has 0 bridgehead atoms. The van der Waals surface area contributed by atoms with Crippen molar-refractivity contribution in [3.63, 3.8) is 0 Å². The fourth-order valence-electron chi connectivity index (χ4n) is 4.06. The van der Waals surface area contributed by atoms with Crippen LogP contribution in [-0.2, 0) is 14.1 Å². The number of hydrogen-bond donors (Lipinski definition) is 2. The average Bonchev–Trinajstić information content (AvgIpc) is 2.86. The number of aryl methyl sites for hydroxylation is 2. The standard InChI is InChI=1S/C25H26N6O4/c1-4-9-15(27-23(33)21-17-11-6-8-13-19(17)25(35)31(3)29-21)14-26-22(32)20-16-10-5-7-12-18(16)24(34)30(2)28-20/h5-8,10-13,15H,4,9,14H2,1-3H3,(H,26,32)(H,27,33). The Kier molecular flexibility index (Phi) is 6.72. The largest absolute Gasteiger partial charge is 0.349 e. The van der Waals surface area contributed by atoms with Crippen LogP contribution in [-0.4, -0.2) is 44.0 Å². The minimum Gasteiger partial charge on any atom is -0.349 e. The molecule has 0 aliphatic carbocycles. The van der Waals surface area contributed by atoms with E-state index in [0.717, 1.165) is 15.8 Å². The first-order valence-corrected chi connectivity index (χ1v) is 11.3. The number of nitrogens with zero attached hydrogens (tertiary/aromatic N) is 4. The second-order valence-electron chi connectivity index (χ2n) is 8.31. The number of carbonyl (C=O) groups is 2. The summed E-state index contributed by atoms with van der Waals surface area (Å²) in [5, 5.41) is 15.8. The van der Waals surface area contributed by atoms with Gasteiger partial charge in [0.05, 0.1) is 10.8 Å². The summed E-state index contributed by atoms with van der Waals surface area (Å²) in [6, 6.07) is 13.2. The van der Waals surface area contributed by atoms with Crippen molar-refractivity contribution in [3.8, 4) is 0 Å². The Labute approximate surface area is 200 Å². The molecule has 0 aliphatic heterocycles. The zero-order valence-electron chi connectivity index (χ0n) is 19.7. The van der Waals surface area contributed by atoms with E-state index in [1.165, 1.54) is 14.1 Å². The summed E-state index contributed by atoms with van der Waals surface area (Å²) in [5.74, 6) is -0.881. The van der Waals surface area contributed by atoms with Crippen LogP contribution in [0.3, 0.4) is 0 Å². The van der Waals surface area contributed by atoms with Crippen molar-refractivity contribution in [2.75, 3.05) is 6.54 Å². The lowest BCUT2D eigenvalue weighted by Crippen LogP contribution is -2.44. The molecule has 2 heterocycles. The van der Waals surface area contributed by atoms with E-state index in [4.69, 9.17) is 0 Å². The molecular weight excluding hydrogens is 448 g/mol. The molecule has 10 heteroatoms. The summed E-state index contributed by atoms with van der Waals surface area (Å²) in [6.07, 6.45) is 1.38. The van der Waals surface area contributed by atoms with Gasteiger partial charge in [-0.3, -0.25) is 19.2 Å². The van der Waals surface area contributed by atoms with Crippen LogP contribution in [0.4, 0.5) is 0 Å². The smallest absolute Gasteiger partial charge is 0.274 e. The van der Waals surface area contributed by atoms with Crippen molar-refractivity contribution < 1.29 is 9.59 Å². The number of nitrogens with one attached hydrogen (secondary N) is 2. The lowest BCUT2D eigenvalue weighted by atomic mass is 10.1. The number of rotatable bonds is 7. The van der Waals surface area contributed by atoms with Crippen LogP contribution in [0.2, 0.25) is 0 Å². The van der Waals surface area contributed by atoms with Gasteiger partial charge in [0, 0.05) is 37.5 Å². The lowest BCUT2D eigenvalue weighted by Gasteiger charge is -2.19. The van der Waals surface area contributed by atoms with Crippen LogP contribution in [0.15, 0.2) is 58.1 Å². The van der Waals surface area contributed by atoms with Gasteiger partial charge in [-0.2, -0.15) is 10.2 Å². The fourth-order valence-corrected chi connectivity index (χ4v) is 4.06. The van der Waals surface area contributed by atoms with E-state index in [1.807, 2.05) is 6.92 Å². The van der Waals surface area contributed by atoms with Gasteiger partial charge < -0.3 is 10.6 Å². The first-order chi connectivity index (χ1) is 16.8. The van der Waals surface area contributed by atoms with E-state index in [-0.39, 0.29) is 35.1 Å². The summed E-state index contributed by atoms with van der Waals surface area (Å²) in [4.78, 5) is 50.8. The van der Waals surface area contributed by atoms with E-state index in [1.54, 1.807) is 48.5 Å². The molecule has 0 fully saturated rings. The summed E-state index contributed by atoms with van der Waals surface area (Å²) in [7, 11) is 3.00. The Hall–Kier alpha value is -4.34. The van der Waals surface area contributed by atoms with Gasteiger partial charge in [-0.15, -0.1) is 0 Å². The Morgan fingerprint density at radius 1 is 0.800 bits per heavy atom. The van der Waals surface area contributed by atoms with Crippen molar-refractivity contribution in [2.24, 2.45) is 14.1 Å². The van der Waals surface area contributed by atoms with Crippen LogP contribution < -0.4 is 21.8 Å². The molecule has 0 radical (unpaired) electrons. The molecule has 180 valence electrons. The van der Waals surface area contributed by atoms with Crippen LogP contribution >= 0.6 is 0 Å². The number of benzene rings is 2. The quantitative estimate of drug-likeness (QED) is 0.418. The number of amides is 2. The highest BCUT2D eigenvalue weighted by Crippen LogP contribution is 2.14. The molecule has 4 rings (SSSR count). The fraction of sp³-hybridized carbons (Fsp3) is 0.280. The molecule has 0 saturated heterocycles. The van der Waals surface area contributed by atoms with Gasteiger partial charge in [0.1, 0.15) is 0 Å². The summed E-state index contributed by atoms with van der Waals surface area (Å²) < 4.78 is 2.28. The second kappa shape index (κ2) is 9.88. The molecule has 0 aliphatic rings. The SMILES string of the molecule is CCCC(CNC(=O)c1nn(C)c(=O)c2ccccc12)NC(=O)c1nn(C)c(=O)c2ccccc12. The van der Waals surface area contributed by atoms with Crippen molar-refractivity contribution >= 4 is 33.4 Å². The van der Waals surface area contributed by atoms with Crippen LogP contribution in [0.1, 0.15) is 40.7 Å². The van der Waals surface area contributed by atoms with E-state index in [2.05, 4.69) is 20.8 Å². The van der Waals surface area contributed by atoms with Crippen LogP contribution in [0.5, 0.6) is 0 Å². The van der Waals surface area contributed by atoms with Crippen molar-refractivity contribution in [1.82, 2.24) is 30.2 Å². The normalized spacial score (nSPS) is 12.0. The van der Waals surface area contributed by atoms with Gasteiger partial charge in [-0.1, -0.05) is 49.7 Å². The zero-order valence-corrected chi connectivity index (χ0v) is 19.7. The third-order valence-electron chi connectivity index (χ3n) is 5.82. The molecule has 0 spiro atoms. The first-order valence-electron chi connectivity index (χ1n) is 11.3. The van der Waals surface area contributed by atoms with Crippen molar-refractivity contribution in [2.45, 2.75) is 25.8 Å². The number of carbonyl (C=O) groups excluding carboxylic acids is 2. The molecule has 2 N–H and O–H groups in total. The van der Waals surface area contributed by atoms with Crippen LogP contribution in [0.25, 0.3) is 21.5 Å². The van der Waals surface area contributed by atoms with Crippen molar-refractivity contribution in [1.29, 1.82) is 0 Å². The molecule has 35 heavy (non-hydrogen) atoms. The number of fused-ring (bicyclic) bond motifs is 2. The third kappa shape index (κ3) is 4.68. The Morgan fingerprint density at radius 3 is 1.74 bits per heavy atom. The molecule has 2 amide bonds. The minimum absolute atomic E-state index is 0.134. The molecule has 4 aromatic rings. The van der Waals surface area contributed by atoms with Gasteiger partial charge in [-0.25, -0.2) is 9.36 Å². The predicted molar refractivity (Wildman–Crippen MR) is 132 cm³/mol. The highest BCUT2D eigenvalue weighted by molar-refractivity contribution is 6.06. The number of aromatic nitrogens is 4. The molecular formula is C25H26N6O4. The average molecular weight is 475 g/mol. The summed E-state index contributed by atoms with van der Waals surface area (Å²) in [5.41, 5.74) is -0.299. The first kappa shape index (κ1) is 23.8. The number of hydrogen-bond acceptors (Lipinski definition) is 6. The lowest BCUT2D eigenvalue weighted by molar-refractivity contribution is 0.0901. The Morgan fingerprint density at radius 2 is 1.26 bits per heavy atom. The van der Waals surface area contributed by atoms with Gasteiger partial charge >= 0.3 is 0 Å². The second-order valence-corrected chi connectivity index (χ2v) is 8.31. The molecule has 2 aromatic carbocycles. The maximum atomic E-state index is 13.1. The Bertz CT molecular complexity index is 1560. The topological polar surface area (TPSA) is 128 Å². The third-order valence-corrected chi connectivity index (χ3v) is 5.82. The summed E-state index contributed by atoms with van der Waals surface area (Å²) in [6.45, 7) is 2.13. The van der Waals surface area contributed by atoms with E-state index in [9.17, 15) is 19.2 Å². The predicted octanol–water partition coefficient (Wildman–Crippen LogP) is 1.51. The zero-order chi connectivity index (χ0) is 25.1. The monoisotopic (exact) mass is 474 g/mol. The van der Waals surface area contributed by atoms with E-state index < -0.39 is 11.8 Å². The highest BCUT2D eigenvalue weighted by Gasteiger charge is 2.21. The molecule has 1 atom stereocenters. The maximum Gasteiger partial charge on any atom is 0.274 e. The highest BCUT2D eigenvalue weighted by atomic mass is 16.2. The van der Waals surface area contributed by atoms with E-state index in [0.29, 0.717) is 28.0 Å².